The van der Waals surface area contributed by atoms with Crippen LogP contribution in [0.2, 0.25) is 18.1 Å². The molecule has 0 saturated carbocycles. The smallest absolute Gasteiger partial charge is 0.338 e. The first-order valence-electron chi connectivity index (χ1n) is 29.0. The lowest BCUT2D eigenvalue weighted by atomic mass is 9.78. The van der Waals surface area contributed by atoms with Gasteiger partial charge in [0.25, 0.3) is 0 Å². The molecule has 8 saturated heterocycles. The van der Waals surface area contributed by atoms with Gasteiger partial charge in [0, 0.05) is 44.6 Å². The van der Waals surface area contributed by atoms with E-state index in [1.165, 1.54) is 0 Å². The van der Waals surface area contributed by atoms with Gasteiger partial charge in [0.2, 0.25) is 0 Å². The molecule has 8 heterocycles. The van der Waals surface area contributed by atoms with Crippen molar-refractivity contribution in [3.63, 3.8) is 0 Å². The van der Waals surface area contributed by atoms with Gasteiger partial charge in [-0.05, 0) is 109 Å². The third-order valence-corrected chi connectivity index (χ3v) is 25.9. The van der Waals surface area contributed by atoms with E-state index in [1.807, 2.05) is 24.3 Å². The van der Waals surface area contributed by atoms with E-state index in [0.717, 1.165) is 31.3 Å². The van der Waals surface area contributed by atoms with Gasteiger partial charge in [0.1, 0.15) is 36.6 Å². The minimum atomic E-state index is -4.18. The summed E-state index contributed by atoms with van der Waals surface area (Å²) in [6, 6.07) is 17.5. The number of carbonyl (C=O) groups excluding carboxylic acids is 1. The van der Waals surface area contributed by atoms with E-state index in [-0.39, 0.29) is 76.8 Å². The Bertz CT molecular complexity index is 2460. The number of rotatable bonds is 23. The summed E-state index contributed by atoms with van der Waals surface area (Å²) in [5.41, 5.74) is 1.48. The fourth-order valence-electron chi connectivity index (χ4n) is 13.4. The number of hydrogen-bond acceptors (Lipinski definition) is 13. The van der Waals surface area contributed by atoms with Crippen molar-refractivity contribution in [2.45, 2.75) is 251 Å². The predicted octanol–water partition coefficient (Wildman–Crippen LogP) is 11.8. The van der Waals surface area contributed by atoms with Crippen molar-refractivity contribution >= 4 is 40.1 Å². The highest BCUT2D eigenvalue weighted by molar-refractivity contribution is 9.11. The Morgan fingerprint density at radius 3 is 2.25 bits per heavy atom. The summed E-state index contributed by atoms with van der Waals surface area (Å²) in [6.07, 6.45) is 1.89. The number of esters is 1. The maximum Gasteiger partial charge on any atom is 0.338 e. The number of ether oxygens (including phenoxy) is 8. The molecule has 77 heavy (non-hydrogen) atoms. The number of carbonyl (C=O) groups is 1. The average Bonchev–Trinajstić information content (AvgIpc) is 3.99. The predicted molar refractivity (Wildman–Crippen MR) is 302 cm³/mol. The second kappa shape index (κ2) is 24.3. The van der Waals surface area contributed by atoms with Gasteiger partial charge in [-0.1, -0.05) is 127 Å². The molecule has 0 amide bonds. The molecule has 8 fully saturated rings. The monoisotopic (exact) mass is 1170 g/mol. The summed E-state index contributed by atoms with van der Waals surface area (Å²) in [7, 11) is -6.22. The van der Waals surface area contributed by atoms with Crippen LogP contribution in [0.4, 0.5) is 0 Å². The Kier molecular flexibility index (Phi) is 18.7. The van der Waals surface area contributed by atoms with Gasteiger partial charge in [-0.2, -0.15) is 0 Å². The molecule has 1 N–H and O–H groups in total. The second-order valence-corrected chi connectivity index (χ2v) is 33.6. The SMILES string of the molecule is C=C(Br)C[C@H](CC[C@@]12C[C@H]3O[C@H]4C(O1)[C@H]1O[C@@H](CC(O)C(C5C(C[C@H]6O[C@@H](CCCC)C[C@@H](C)C6=C)O[C@H](C[C@H](C)CO[Si](C)(C)C(C)(C)C)[C@@H]5C)S(=O)(=O)c5ccccc5)CC[C@@H]1O[C@H]4[C@H]3O2)OC(=O)c1ccccc1. The largest absolute Gasteiger partial charge is 0.458 e. The molecule has 0 spiro atoms. The van der Waals surface area contributed by atoms with Gasteiger partial charge in [-0.15, -0.1) is 0 Å². The van der Waals surface area contributed by atoms with Crippen LogP contribution in [0.5, 0.6) is 0 Å². The summed E-state index contributed by atoms with van der Waals surface area (Å²) in [4.78, 5) is 13.4. The number of fused-ring (bicyclic) bond motifs is 1. The molecule has 5 unspecified atom stereocenters. The van der Waals surface area contributed by atoms with Gasteiger partial charge in [-0.3, -0.25) is 0 Å². The highest BCUT2D eigenvalue weighted by atomic mass is 79.9. The lowest BCUT2D eigenvalue weighted by Gasteiger charge is -2.48. The minimum absolute atomic E-state index is 0.0572. The molecule has 20 atom stereocenters. The average molecular weight is 1170 g/mol. The van der Waals surface area contributed by atoms with Crippen LogP contribution in [0.1, 0.15) is 142 Å². The molecule has 0 radical (unpaired) electrons. The Hall–Kier alpha value is -2.32. The van der Waals surface area contributed by atoms with Gasteiger partial charge in [0.05, 0.1) is 64.5 Å². The molecule has 2 aromatic carbocycles. The van der Waals surface area contributed by atoms with Crippen molar-refractivity contribution in [2.24, 2.45) is 23.7 Å². The summed E-state index contributed by atoms with van der Waals surface area (Å²) in [6.45, 7) is 29.2. The molecular formula is C61H89BrO13SSi. The van der Waals surface area contributed by atoms with Crippen LogP contribution in [-0.4, -0.2) is 131 Å². The van der Waals surface area contributed by atoms with E-state index in [0.29, 0.717) is 68.0 Å². The van der Waals surface area contributed by atoms with Crippen LogP contribution in [0.15, 0.2) is 88.8 Å². The molecular weight excluding hydrogens is 1080 g/mol. The standard InChI is InChI=1S/C61H89BrO13SSi/c1-12-13-22-42-30-37(3)39(5)49(68-42)33-50-52(40(6)48(71-50)29-36(2)35-67-77(10,11)60(7,8)9)58(76(65,66)45-23-18-15-19-24-45)46(63)32-43-25-26-47-53(69-43)57-56-55(72-47)54-51(73-56)34-61(74-54,75-57)28-27-44(31-38(4)62)70-59(64)41-20-16-14-17-21-41/h14-21,23-24,36-37,40,42-44,46-58,63H,4-5,12-13,22,25-35H2,1-3,6-11H3/t36-,37+,40-,42-,43+,44-,46?,47-,48+,49+,50?,51+,52?,53-,54-,55-,56+,57?,58?,61-/m0/s1. The third kappa shape index (κ3) is 13.0. The summed E-state index contributed by atoms with van der Waals surface area (Å²) < 4.78 is 93.3. The highest BCUT2D eigenvalue weighted by Gasteiger charge is 2.69. The summed E-state index contributed by atoms with van der Waals surface area (Å²) in [5.74, 6) is -1.92. The number of aliphatic hydroxyl groups excluding tert-OH is 1. The number of halogens is 1. The maximum atomic E-state index is 15.6. The first-order chi connectivity index (χ1) is 36.5. The van der Waals surface area contributed by atoms with E-state index < -0.39 is 83.8 Å². The van der Waals surface area contributed by atoms with Crippen LogP contribution >= 0.6 is 15.9 Å². The lowest BCUT2D eigenvalue weighted by molar-refractivity contribution is -0.293. The summed E-state index contributed by atoms with van der Waals surface area (Å²) >= 11 is 3.50. The molecule has 6 bridgehead atoms. The van der Waals surface area contributed by atoms with Crippen molar-refractivity contribution in [1.29, 1.82) is 0 Å². The van der Waals surface area contributed by atoms with Crippen LogP contribution in [0, 0.1) is 23.7 Å². The molecule has 0 aliphatic carbocycles. The third-order valence-electron chi connectivity index (χ3n) is 18.8. The minimum Gasteiger partial charge on any atom is -0.458 e. The number of hydrogen-bond donors (Lipinski definition) is 1. The summed E-state index contributed by atoms with van der Waals surface area (Å²) in [5, 5.41) is 11.8. The van der Waals surface area contributed by atoms with Gasteiger partial charge in [0.15, 0.2) is 23.9 Å². The zero-order valence-electron chi connectivity index (χ0n) is 47.2. The zero-order chi connectivity index (χ0) is 55.2. The van der Waals surface area contributed by atoms with Crippen molar-refractivity contribution in [3.05, 3.63) is 89.4 Å². The molecule has 10 rings (SSSR count). The van der Waals surface area contributed by atoms with Crippen molar-refractivity contribution in [2.75, 3.05) is 6.61 Å². The Labute approximate surface area is 469 Å². The molecule has 16 heteroatoms. The van der Waals surface area contributed by atoms with Gasteiger partial charge in [-0.25, -0.2) is 13.2 Å². The second-order valence-electron chi connectivity index (χ2n) is 25.5. The van der Waals surface area contributed by atoms with Gasteiger partial charge >= 0.3 is 5.97 Å². The van der Waals surface area contributed by atoms with E-state index in [9.17, 15) is 9.90 Å². The zero-order valence-corrected chi connectivity index (χ0v) is 50.6. The first-order valence-corrected chi connectivity index (χ1v) is 34.2. The molecule has 428 valence electrons. The van der Waals surface area contributed by atoms with E-state index in [1.54, 1.807) is 36.4 Å². The lowest BCUT2D eigenvalue weighted by Crippen LogP contribution is -2.62. The maximum absolute atomic E-state index is 15.6. The van der Waals surface area contributed by atoms with Gasteiger partial charge < -0.3 is 47.4 Å². The van der Waals surface area contributed by atoms with Crippen molar-refractivity contribution in [3.8, 4) is 0 Å². The fraction of sp³-hybridized carbons (Fsp3) is 0.721. The van der Waals surface area contributed by atoms with Crippen LogP contribution in [-0.2, 0) is 52.2 Å². The Morgan fingerprint density at radius 2 is 1.56 bits per heavy atom. The molecule has 0 aromatic heterocycles. The van der Waals surface area contributed by atoms with Crippen molar-refractivity contribution < 1.29 is 60.6 Å². The number of benzene rings is 2. The van der Waals surface area contributed by atoms with E-state index in [2.05, 4.69) is 90.6 Å². The molecule has 13 nitrogen and oxygen atoms in total. The molecule has 8 aliphatic rings. The molecule has 2 aromatic rings. The normalized spacial score (nSPS) is 36.5. The quantitative estimate of drug-likeness (QED) is 0.0638. The molecule has 8 aliphatic heterocycles. The van der Waals surface area contributed by atoms with E-state index in [4.69, 9.17) is 42.3 Å². The Morgan fingerprint density at radius 1 is 0.883 bits per heavy atom. The number of unbranched alkanes of at least 4 members (excludes halogenated alkanes) is 1. The number of aliphatic hydroxyl groups is 1. The van der Waals surface area contributed by atoms with Crippen molar-refractivity contribution in [1.82, 2.24) is 0 Å². The van der Waals surface area contributed by atoms with Crippen LogP contribution in [0.3, 0.4) is 0 Å². The topological polar surface area (TPSA) is 155 Å². The van der Waals surface area contributed by atoms with E-state index >= 15 is 8.42 Å². The highest BCUT2D eigenvalue weighted by Crippen LogP contribution is 2.55. The van der Waals surface area contributed by atoms with Crippen LogP contribution < -0.4 is 0 Å². The Balaban J connectivity index is 0.967. The van der Waals surface area contributed by atoms with Crippen LogP contribution in [0.25, 0.3) is 0 Å². The fourth-order valence-corrected chi connectivity index (χ4v) is 17.1. The number of sulfone groups is 1. The first kappa shape index (κ1) is 59.3.